The third kappa shape index (κ3) is 3.86. The highest BCUT2D eigenvalue weighted by molar-refractivity contribution is 6.01. The van der Waals surface area contributed by atoms with E-state index in [2.05, 4.69) is 10.1 Å². The Kier molecular flexibility index (Phi) is 4.92. The molecule has 3 heterocycles. The maximum Gasteiger partial charge on any atom is 0.242 e. The van der Waals surface area contributed by atoms with Crippen LogP contribution < -0.4 is 4.90 Å². The molecule has 7 nitrogen and oxygen atoms in total. The van der Waals surface area contributed by atoms with Gasteiger partial charge in [-0.2, -0.15) is 4.98 Å². The molecule has 0 N–H and O–H groups in total. The first kappa shape index (κ1) is 17.7. The Labute approximate surface area is 158 Å². The van der Waals surface area contributed by atoms with E-state index in [0.717, 1.165) is 42.8 Å². The average molecular weight is 368 g/mol. The van der Waals surface area contributed by atoms with Gasteiger partial charge in [0.1, 0.15) is 6.54 Å². The van der Waals surface area contributed by atoms with Gasteiger partial charge in [-0.15, -0.1) is 0 Å². The van der Waals surface area contributed by atoms with Crippen molar-refractivity contribution in [2.24, 2.45) is 5.92 Å². The maximum absolute atomic E-state index is 12.8. The molecule has 2 aliphatic rings. The van der Waals surface area contributed by atoms with E-state index in [4.69, 9.17) is 4.52 Å². The molecular weight excluding hydrogens is 344 g/mol. The molecule has 1 saturated heterocycles. The van der Waals surface area contributed by atoms with E-state index in [1.54, 1.807) is 11.8 Å². The molecule has 7 heteroatoms. The number of aryl methyl sites for hydroxylation is 2. The van der Waals surface area contributed by atoms with Crippen molar-refractivity contribution in [2.75, 3.05) is 24.5 Å². The molecule has 1 aromatic heterocycles. The highest BCUT2D eigenvalue weighted by Crippen LogP contribution is 2.28. The van der Waals surface area contributed by atoms with Crippen LogP contribution in [0.25, 0.3) is 0 Å². The second-order valence-electron chi connectivity index (χ2n) is 7.37. The van der Waals surface area contributed by atoms with Gasteiger partial charge in [0.05, 0.1) is 0 Å². The molecule has 142 valence electrons. The number of piperidine rings is 1. The lowest BCUT2D eigenvalue weighted by atomic mass is 9.93. The molecule has 0 atom stereocenters. The van der Waals surface area contributed by atoms with Crippen molar-refractivity contribution in [3.8, 4) is 0 Å². The van der Waals surface area contributed by atoms with Crippen LogP contribution in [0.15, 0.2) is 28.8 Å². The summed E-state index contributed by atoms with van der Waals surface area (Å²) in [5.41, 5.74) is 2.02. The van der Waals surface area contributed by atoms with E-state index in [1.165, 1.54) is 0 Å². The molecular formula is C20H24N4O3. The van der Waals surface area contributed by atoms with Crippen LogP contribution in [-0.2, 0) is 22.4 Å². The van der Waals surface area contributed by atoms with Gasteiger partial charge in [-0.05, 0) is 36.8 Å². The summed E-state index contributed by atoms with van der Waals surface area (Å²) in [4.78, 5) is 32.9. The standard InChI is InChI=1S/C20H24N4O3/c1-14-21-18(22-27-14)12-15-8-10-23(11-9-15)20(26)13-24-17-5-3-2-4-16(17)6-7-19(24)25/h2-5,15H,6-13H2,1H3. The first-order chi connectivity index (χ1) is 13.1. The minimum atomic E-state index is 0.0221. The van der Waals surface area contributed by atoms with Crippen molar-refractivity contribution in [1.82, 2.24) is 15.0 Å². The number of carbonyl (C=O) groups excluding carboxylic acids is 2. The summed E-state index contributed by atoms with van der Waals surface area (Å²) in [6.07, 6.45) is 3.85. The summed E-state index contributed by atoms with van der Waals surface area (Å²) in [5, 5.41) is 3.96. The Hall–Kier alpha value is -2.70. The lowest BCUT2D eigenvalue weighted by Crippen LogP contribution is -2.47. The summed E-state index contributed by atoms with van der Waals surface area (Å²) in [6.45, 7) is 3.34. The molecule has 0 unspecified atom stereocenters. The molecule has 0 radical (unpaired) electrons. The Morgan fingerprint density at radius 1 is 1.22 bits per heavy atom. The number of amides is 2. The average Bonchev–Trinajstić information content (AvgIpc) is 3.09. The molecule has 2 aliphatic heterocycles. The number of likely N-dealkylation sites (tertiary alicyclic amines) is 1. The van der Waals surface area contributed by atoms with Gasteiger partial charge >= 0.3 is 0 Å². The SMILES string of the molecule is Cc1nc(CC2CCN(C(=O)CN3C(=O)CCc4ccccc43)CC2)no1. The van der Waals surface area contributed by atoms with Crippen molar-refractivity contribution in [3.63, 3.8) is 0 Å². The van der Waals surface area contributed by atoms with Crippen LogP contribution in [0, 0.1) is 12.8 Å². The molecule has 0 saturated carbocycles. The third-order valence-electron chi connectivity index (χ3n) is 5.49. The molecule has 2 amide bonds. The van der Waals surface area contributed by atoms with E-state index in [1.807, 2.05) is 29.2 Å². The van der Waals surface area contributed by atoms with Crippen LogP contribution in [-0.4, -0.2) is 46.5 Å². The van der Waals surface area contributed by atoms with Crippen LogP contribution in [0.3, 0.4) is 0 Å². The number of nitrogens with zero attached hydrogens (tertiary/aromatic N) is 4. The molecule has 1 fully saturated rings. The number of anilines is 1. The van der Waals surface area contributed by atoms with Crippen molar-refractivity contribution < 1.29 is 14.1 Å². The molecule has 0 bridgehead atoms. The van der Waals surface area contributed by atoms with E-state index in [0.29, 0.717) is 31.3 Å². The quantitative estimate of drug-likeness (QED) is 0.826. The van der Waals surface area contributed by atoms with Crippen LogP contribution in [0.4, 0.5) is 5.69 Å². The minimum Gasteiger partial charge on any atom is -0.341 e. The largest absolute Gasteiger partial charge is 0.341 e. The van der Waals surface area contributed by atoms with E-state index < -0.39 is 0 Å². The minimum absolute atomic E-state index is 0.0221. The maximum atomic E-state index is 12.8. The van der Waals surface area contributed by atoms with Crippen molar-refractivity contribution >= 4 is 17.5 Å². The predicted octanol–water partition coefficient (Wildman–Crippen LogP) is 2.14. The number of hydrogen-bond acceptors (Lipinski definition) is 5. The Morgan fingerprint density at radius 3 is 2.74 bits per heavy atom. The van der Waals surface area contributed by atoms with Crippen molar-refractivity contribution in [3.05, 3.63) is 41.5 Å². The fourth-order valence-corrected chi connectivity index (χ4v) is 3.97. The Morgan fingerprint density at radius 2 is 2.00 bits per heavy atom. The van der Waals surface area contributed by atoms with Crippen molar-refractivity contribution in [1.29, 1.82) is 0 Å². The summed E-state index contributed by atoms with van der Waals surface area (Å²) < 4.78 is 5.03. The van der Waals surface area contributed by atoms with Gasteiger partial charge < -0.3 is 14.3 Å². The Balaban J connectivity index is 1.34. The highest BCUT2D eigenvalue weighted by atomic mass is 16.5. The van der Waals surface area contributed by atoms with Gasteiger partial charge in [0, 0.05) is 38.5 Å². The van der Waals surface area contributed by atoms with E-state index in [9.17, 15) is 9.59 Å². The van der Waals surface area contributed by atoms with Crippen LogP contribution in [0.5, 0.6) is 0 Å². The topological polar surface area (TPSA) is 79.5 Å². The van der Waals surface area contributed by atoms with Crippen LogP contribution >= 0.6 is 0 Å². The highest BCUT2D eigenvalue weighted by Gasteiger charge is 2.29. The monoisotopic (exact) mass is 368 g/mol. The number of hydrogen-bond donors (Lipinski definition) is 0. The van der Waals surface area contributed by atoms with Crippen LogP contribution in [0.2, 0.25) is 0 Å². The van der Waals surface area contributed by atoms with Gasteiger partial charge in [0.15, 0.2) is 5.82 Å². The van der Waals surface area contributed by atoms with Gasteiger partial charge in [0.2, 0.25) is 17.7 Å². The van der Waals surface area contributed by atoms with Gasteiger partial charge in [-0.25, -0.2) is 0 Å². The number of para-hydroxylation sites is 1. The first-order valence-corrected chi connectivity index (χ1v) is 9.55. The van der Waals surface area contributed by atoms with E-state index in [-0.39, 0.29) is 18.4 Å². The number of benzene rings is 1. The zero-order valence-corrected chi connectivity index (χ0v) is 15.6. The summed E-state index contributed by atoms with van der Waals surface area (Å²) >= 11 is 0. The smallest absolute Gasteiger partial charge is 0.242 e. The lowest BCUT2D eigenvalue weighted by Gasteiger charge is -2.34. The molecule has 0 aliphatic carbocycles. The number of rotatable bonds is 4. The van der Waals surface area contributed by atoms with Gasteiger partial charge in [0.25, 0.3) is 0 Å². The summed E-state index contributed by atoms with van der Waals surface area (Å²) in [5.74, 6) is 1.85. The summed E-state index contributed by atoms with van der Waals surface area (Å²) in [6, 6.07) is 7.86. The number of carbonyl (C=O) groups is 2. The number of fused-ring (bicyclic) bond motifs is 1. The molecule has 4 rings (SSSR count). The van der Waals surface area contributed by atoms with Gasteiger partial charge in [-0.1, -0.05) is 23.4 Å². The molecule has 2 aromatic rings. The fourth-order valence-electron chi connectivity index (χ4n) is 3.97. The fraction of sp³-hybridized carbons (Fsp3) is 0.500. The first-order valence-electron chi connectivity index (χ1n) is 9.55. The normalized spacial score (nSPS) is 17.9. The summed E-state index contributed by atoms with van der Waals surface area (Å²) in [7, 11) is 0. The van der Waals surface area contributed by atoms with E-state index >= 15 is 0 Å². The van der Waals surface area contributed by atoms with Crippen LogP contribution in [0.1, 0.15) is 36.5 Å². The zero-order chi connectivity index (χ0) is 18.8. The zero-order valence-electron chi connectivity index (χ0n) is 15.6. The predicted molar refractivity (Wildman–Crippen MR) is 99.2 cm³/mol. The molecule has 27 heavy (non-hydrogen) atoms. The lowest BCUT2D eigenvalue weighted by molar-refractivity contribution is -0.132. The molecule has 1 aromatic carbocycles. The Bertz CT molecular complexity index is 839. The van der Waals surface area contributed by atoms with Crippen molar-refractivity contribution in [2.45, 2.75) is 39.0 Å². The molecule has 0 spiro atoms. The third-order valence-corrected chi connectivity index (χ3v) is 5.49. The second kappa shape index (κ2) is 7.50. The number of aromatic nitrogens is 2. The second-order valence-corrected chi connectivity index (χ2v) is 7.37. The van der Waals surface area contributed by atoms with Gasteiger partial charge in [-0.3, -0.25) is 9.59 Å².